The number of aryl methyl sites for hydroxylation is 1. The summed E-state index contributed by atoms with van der Waals surface area (Å²) in [5, 5.41) is 6.19. The summed E-state index contributed by atoms with van der Waals surface area (Å²) in [7, 11) is 1.33. The highest BCUT2D eigenvalue weighted by Crippen LogP contribution is 2.30. The Balaban J connectivity index is 1.49. The minimum Gasteiger partial charge on any atom is -0.465 e. The zero-order valence-electron chi connectivity index (χ0n) is 16.9. The molecule has 0 bridgehead atoms. The molecule has 0 amide bonds. The highest BCUT2D eigenvalue weighted by Gasteiger charge is 2.18. The van der Waals surface area contributed by atoms with Crippen molar-refractivity contribution in [3.63, 3.8) is 0 Å². The molecular weight excluding hydrogens is 436 g/mol. The number of rotatable bonds is 6. The van der Waals surface area contributed by atoms with Crippen LogP contribution in [-0.2, 0) is 22.6 Å². The molecule has 4 rings (SSSR count). The van der Waals surface area contributed by atoms with E-state index in [9.17, 15) is 9.59 Å². The van der Waals surface area contributed by atoms with Crippen LogP contribution in [0.15, 0.2) is 54.6 Å². The second-order valence-electron chi connectivity index (χ2n) is 6.93. The second kappa shape index (κ2) is 8.91. The molecule has 0 aliphatic rings. The normalized spacial score (nSPS) is 10.9. The summed E-state index contributed by atoms with van der Waals surface area (Å²) in [6, 6.07) is 16.2. The van der Waals surface area contributed by atoms with E-state index in [0.717, 1.165) is 27.0 Å². The summed E-state index contributed by atoms with van der Waals surface area (Å²) in [4.78, 5) is 25.5. The van der Waals surface area contributed by atoms with Crippen LogP contribution in [0.5, 0.6) is 0 Å². The summed E-state index contributed by atoms with van der Waals surface area (Å²) in [5.74, 6) is -0.808. The van der Waals surface area contributed by atoms with Crippen molar-refractivity contribution >= 4 is 45.1 Å². The maximum atomic E-state index is 12.6. The lowest BCUT2D eigenvalue weighted by Gasteiger charge is -2.05. The number of halogens is 1. The van der Waals surface area contributed by atoms with Gasteiger partial charge in [-0.1, -0.05) is 41.9 Å². The summed E-state index contributed by atoms with van der Waals surface area (Å²) in [6.45, 7) is 2.54. The smallest absolute Gasteiger partial charge is 0.348 e. The highest BCUT2D eigenvalue weighted by molar-refractivity contribution is 7.20. The van der Waals surface area contributed by atoms with E-state index in [1.165, 1.54) is 18.4 Å². The fourth-order valence-electron chi connectivity index (χ4n) is 3.18. The molecule has 0 unspecified atom stereocenters. The third kappa shape index (κ3) is 4.47. The Morgan fingerprint density at radius 2 is 1.84 bits per heavy atom. The van der Waals surface area contributed by atoms with Gasteiger partial charge in [0.2, 0.25) is 0 Å². The SMILES string of the molecule is COC(=O)c1ccc(COC(=O)c2cc3c(C)nn(Cc4ccccc4Cl)c3s2)cc1. The number of ether oxygens (including phenoxy) is 2. The van der Waals surface area contributed by atoms with Crippen LogP contribution in [0.2, 0.25) is 5.02 Å². The zero-order chi connectivity index (χ0) is 22.0. The Bertz CT molecular complexity index is 1260. The Kier molecular flexibility index (Phi) is 6.06. The lowest BCUT2D eigenvalue weighted by molar-refractivity contribution is 0.0477. The van der Waals surface area contributed by atoms with Crippen LogP contribution < -0.4 is 0 Å². The van der Waals surface area contributed by atoms with E-state index in [1.54, 1.807) is 24.3 Å². The van der Waals surface area contributed by atoms with E-state index >= 15 is 0 Å². The monoisotopic (exact) mass is 454 g/mol. The molecule has 0 spiro atoms. The van der Waals surface area contributed by atoms with Crippen LogP contribution in [0, 0.1) is 6.92 Å². The van der Waals surface area contributed by atoms with Gasteiger partial charge in [-0.25, -0.2) is 9.59 Å². The van der Waals surface area contributed by atoms with Crippen LogP contribution in [0.1, 0.15) is 36.9 Å². The molecule has 0 fully saturated rings. The molecule has 0 radical (unpaired) electrons. The molecule has 0 atom stereocenters. The van der Waals surface area contributed by atoms with Crippen molar-refractivity contribution < 1.29 is 19.1 Å². The molecule has 158 valence electrons. The van der Waals surface area contributed by atoms with Crippen LogP contribution in [0.4, 0.5) is 0 Å². The third-order valence-corrected chi connectivity index (χ3v) is 6.33. The molecule has 0 saturated heterocycles. The van der Waals surface area contributed by atoms with Crippen LogP contribution in [-0.4, -0.2) is 28.8 Å². The van der Waals surface area contributed by atoms with Crippen molar-refractivity contribution in [2.75, 3.05) is 7.11 Å². The van der Waals surface area contributed by atoms with Crippen molar-refractivity contribution in [3.05, 3.63) is 86.9 Å². The first-order chi connectivity index (χ1) is 15.0. The molecule has 0 aliphatic heterocycles. The van der Waals surface area contributed by atoms with Gasteiger partial charge in [0.1, 0.15) is 16.3 Å². The van der Waals surface area contributed by atoms with Gasteiger partial charge in [-0.05, 0) is 42.3 Å². The van der Waals surface area contributed by atoms with E-state index in [2.05, 4.69) is 9.84 Å². The molecule has 0 aliphatic carbocycles. The van der Waals surface area contributed by atoms with Gasteiger partial charge in [0.25, 0.3) is 0 Å². The molecule has 31 heavy (non-hydrogen) atoms. The van der Waals surface area contributed by atoms with Gasteiger partial charge in [-0.3, -0.25) is 4.68 Å². The van der Waals surface area contributed by atoms with E-state index in [0.29, 0.717) is 22.0 Å². The topological polar surface area (TPSA) is 70.4 Å². The standard InChI is InChI=1S/C23H19ClN2O4S/c1-14-18-11-20(23(28)30-13-15-7-9-16(10-8-15)22(27)29-2)31-21(18)26(25-14)12-17-5-3-4-6-19(17)24/h3-11H,12-13H2,1-2H3. The first-order valence-electron chi connectivity index (χ1n) is 9.51. The zero-order valence-corrected chi connectivity index (χ0v) is 18.5. The molecule has 2 aromatic heterocycles. The Morgan fingerprint density at radius 1 is 1.10 bits per heavy atom. The maximum Gasteiger partial charge on any atom is 0.348 e. The second-order valence-corrected chi connectivity index (χ2v) is 8.37. The number of hydrogen-bond donors (Lipinski definition) is 0. The number of carbonyl (C=O) groups excluding carboxylic acids is 2. The van der Waals surface area contributed by atoms with Crippen molar-refractivity contribution in [2.24, 2.45) is 0 Å². The number of hydrogen-bond acceptors (Lipinski definition) is 6. The number of aromatic nitrogens is 2. The molecule has 4 aromatic rings. The number of thiophene rings is 1. The Hall–Kier alpha value is -3.16. The number of methoxy groups -OCH3 is 1. The van der Waals surface area contributed by atoms with Gasteiger partial charge in [0.15, 0.2) is 0 Å². The summed E-state index contributed by atoms with van der Waals surface area (Å²) in [5.41, 5.74) is 3.03. The molecule has 2 aromatic carbocycles. The number of fused-ring (bicyclic) bond motifs is 1. The average molecular weight is 455 g/mol. The fraction of sp³-hybridized carbons (Fsp3) is 0.174. The van der Waals surface area contributed by atoms with Crippen LogP contribution in [0.25, 0.3) is 10.2 Å². The van der Waals surface area contributed by atoms with Gasteiger partial charge in [-0.2, -0.15) is 5.10 Å². The lowest BCUT2D eigenvalue weighted by atomic mass is 10.1. The van der Waals surface area contributed by atoms with E-state index in [-0.39, 0.29) is 6.61 Å². The van der Waals surface area contributed by atoms with Crippen LogP contribution in [0.3, 0.4) is 0 Å². The minimum atomic E-state index is -0.407. The predicted octanol–water partition coefficient (Wildman–Crippen LogP) is 5.25. The molecule has 0 saturated carbocycles. The largest absolute Gasteiger partial charge is 0.465 e. The van der Waals surface area contributed by atoms with E-state index in [4.69, 9.17) is 16.3 Å². The summed E-state index contributed by atoms with van der Waals surface area (Å²) < 4.78 is 12.0. The average Bonchev–Trinajstić information content (AvgIpc) is 3.34. The first kappa shape index (κ1) is 21.1. The summed E-state index contributed by atoms with van der Waals surface area (Å²) >= 11 is 7.63. The number of nitrogens with zero attached hydrogens (tertiary/aromatic N) is 2. The Labute approximate surface area is 188 Å². The quantitative estimate of drug-likeness (QED) is 0.372. The number of esters is 2. The summed E-state index contributed by atoms with van der Waals surface area (Å²) in [6.07, 6.45) is 0. The van der Waals surface area contributed by atoms with Crippen molar-refractivity contribution in [2.45, 2.75) is 20.1 Å². The van der Waals surface area contributed by atoms with Crippen molar-refractivity contribution in [1.29, 1.82) is 0 Å². The predicted molar refractivity (Wildman–Crippen MR) is 120 cm³/mol. The number of carbonyl (C=O) groups is 2. The third-order valence-electron chi connectivity index (χ3n) is 4.83. The maximum absolute atomic E-state index is 12.6. The van der Waals surface area contributed by atoms with Crippen molar-refractivity contribution in [1.82, 2.24) is 9.78 Å². The molecule has 6 nitrogen and oxygen atoms in total. The van der Waals surface area contributed by atoms with E-state index < -0.39 is 11.9 Å². The lowest BCUT2D eigenvalue weighted by Crippen LogP contribution is -2.05. The molecular formula is C23H19ClN2O4S. The Morgan fingerprint density at radius 3 is 2.55 bits per heavy atom. The van der Waals surface area contributed by atoms with Gasteiger partial charge >= 0.3 is 11.9 Å². The first-order valence-corrected chi connectivity index (χ1v) is 10.7. The minimum absolute atomic E-state index is 0.110. The van der Waals surface area contributed by atoms with Gasteiger partial charge in [0.05, 0.1) is 24.9 Å². The molecule has 8 heteroatoms. The number of benzene rings is 2. The van der Waals surface area contributed by atoms with Crippen LogP contribution >= 0.6 is 22.9 Å². The van der Waals surface area contributed by atoms with Crippen molar-refractivity contribution in [3.8, 4) is 0 Å². The molecule has 0 N–H and O–H groups in total. The van der Waals surface area contributed by atoms with Gasteiger partial charge < -0.3 is 9.47 Å². The van der Waals surface area contributed by atoms with Gasteiger partial charge in [-0.15, -0.1) is 11.3 Å². The molecule has 2 heterocycles. The highest BCUT2D eigenvalue weighted by atomic mass is 35.5. The van der Waals surface area contributed by atoms with E-state index in [1.807, 2.05) is 41.9 Å². The fourth-order valence-corrected chi connectivity index (χ4v) is 4.43. The van der Waals surface area contributed by atoms with Gasteiger partial charge in [0, 0.05) is 10.4 Å².